The molecule has 2 aromatic heterocycles. The number of fused-ring (bicyclic) bond motifs is 1. The minimum atomic E-state index is -0.923. The number of anilines is 2. The van der Waals surface area contributed by atoms with E-state index in [9.17, 15) is 9.59 Å². The van der Waals surface area contributed by atoms with Gasteiger partial charge in [-0.1, -0.05) is 41.4 Å². The summed E-state index contributed by atoms with van der Waals surface area (Å²) in [5, 5.41) is 16.1. The van der Waals surface area contributed by atoms with Crippen LogP contribution in [0, 0.1) is 0 Å². The summed E-state index contributed by atoms with van der Waals surface area (Å²) in [6.07, 6.45) is 2.81. The summed E-state index contributed by atoms with van der Waals surface area (Å²) in [7, 11) is 0. The smallest absolute Gasteiger partial charge is 0.325 e. The molecule has 166 valence electrons. The number of rotatable bonds is 6. The van der Waals surface area contributed by atoms with E-state index in [1.807, 2.05) is 36.4 Å². The van der Waals surface area contributed by atoms with E-state index >= 15 is 0 Å². The van der Waals surface area contributed by atoms with Crippen LogP contribution in [0.5, 0.6) is 0 Å². The number of carboxylic acid groups (broad SMARTS) is 1. The second-order valence-corrected chi connectivity index (χ2v) is 8.13. The highest BCUT2D eigenvalue weighted by atomic mass is 35.5. The van der Waals surface area contributed by atoms with Crippen LogP contribution in [0.2, 0.25) is 10.0 Å². The zero-order chi connectivity index (χ0) is 23.5. The van der Waals surface area contributed by atoms with E-state index < -0.39 is 12.0 Å². The van der Waals surface area contributed by atoms with E-state index in [0.29, 0.717) is 16.9 Å². The Morgan fingerprint density at radius 3 is 2.33 bits per heavy atom. The first-order chi connectivity index (χ1) is 15.8. The molecular formula is C24H18Cl2N4O3. The van der Waals surface area contributed by atoms with Gasteiger partial charge in [0.25, 0.3) is 5.91 Å². The molecular weight excluding hydrogens is 463 g/mol. The van der Waals surface area contributed by atoms with Crippen LogP contribution in [-0.2, 0) is 4.79 Å². The number of nitrogens with one attached hydrogen (secondary N) is 2. The minimum Gasteiger partial charge on any atom is -0.480 e. The SMILES string of the molecule is CC(Nc1ccc2nc(-c3ccc(C(=O)Nc4c(Cl)cncc4Cl)cc3)ccc2c1)C(=O)O. The highest BCUT2D eigenvalue weighted by Gasteiger charge is 2.13. The van der Waals surface area contributed by atoms with Crippen LogP contribution in [0.3, 0.4) is 0 Å². The molecule has 4 aromatic rings. The molecule has 1 atom stereocenters. The fourth-order valence-corrected chi connectivity index (χ4v) is 3.66. The first-order valence-electron chi connectivity index (χ1n) is 9.93. The number of carboxylic acids is 1. The highest BCUT2D eigenvalue weighted by Crippen LogP contribution is 2.29. The molecule has 0 aliphatic carbocycles. The summed E-state index contributed by atoms with van der Waals surface area (Å²) < 4.78 is 0. The Kier molecular flexibility index (Phi) is 6.44. The number of carbonyl (C=O) groups is 2. The van der Waals surface area contributed by atoms with Crippen LogP contribution in [0.1, 0.15) is 17.3 Å². The zero-order valence-corrected chi connectivity index (χ0v) is 18.9. The Morgan fingerprint density at radius 2 is 1.67 bits per heavy atom. The van der Waals surface area contributed by atoms with Crippen molar-refractivity contribution in [3.63, 3.8) is 0 Å². The summed E-state index contributed by atoms with van der Waals surface area (Å²) in [6.45, 7) is 1.58. The van der Waals surface area contributed by atoms with Gasteiger partial charge in [-0.05, 0) is 43.3 Å². The van der Waals surface area contributed by atoms with Crippen molar-refractivity contribution in [2.24, 2.45) is 0 Å². The van der Waals surface area contributed by atoms with Crippen molar-refractivity contribution in [2.75, 3.05) is 10.6 Å². The van der Waals surface area contributed by atoms with Gasteiger partial charge in [0.15, 0.2) is 0 Å². The molecule has 9 heteroatoms. The normalized spacial score (nSPS) is 11.7. The zero-order valence-electron chi connectivity index (χ0n) is 17.3. The maximum Gasteiger partial charge on any atom is 0.325 e. The third-order valence-corrected chi connectivity index (χ3v) is 5.55. The van der Waals surface area contributed by atoms with Gasteiger partial charge in [0.1, 0.15) is 6.04 Å². The van der Waals surface area contributed by atoms with E-state index in [4.69, 9.17) is 28.3 Å². The molecule has 0 fully saturated rings. The summed E-state index contributed by atoms with van der Waals surface area (Å²) >= 11 is 12.1. The van der Waals surface area contributed by atoms with Gasteiger partial charge in [0.05, 0.1) is 26.9 Å². The monoisotopic (exact) mass is 480 g/mol. The topological polar surface area (TPSA) is 104 Å². The number of aliphatic carboxylic acids is 1. The lowest BCUT2D eigenvalue weighted by Gasteiger charge is -2.12. The molecule has 4 rings (SSSR count). The molecule has 1 unspecified atom stereocenters. The second-order valence-electron chi connectivity index (χ2n) is 7.32. The Hall–Kier alpha value is -3.68. The van der Waals surface area contributed by atoms with E-state index in [-0.39, 0.29) is 16.0 Å². The molecule has 0 bridgehead atoms. The van der Waals surface area contributed by atoms with Crippen LogP contribution < -0.4 is 10.6 Å². The van der Waals surface area contributed by atoms with E-state index in [1.54, 1.807) is 25.1 Å². The number of hydrogen-bond donors (Lipinski definition) is 3. The number of carbonyl (C=O) groups excluding carboxylic acids is 1. The summed E-state index contributed by atoms with van der Waals surface area (Å²) in [5.74, 6) is -1.27. The molecule has 0 aliphatic rings. The van der Waals surface area contributed by atoms with E-state index in [2.05, 4.69) is 20.6 Å². The van der Waals surface area contributed by atoms with Gasteiger partial charge in [-0.3, -0.25) is 14.6 Å². The van der Waals surface area contributed by atoms with Crippen molar-refractivity contribution >= 4 is 57.4 Å². The van der Waals surface area contributed by atoms with Gasteiger partial charge >= 0.3 is 5.97 Å². The molecule has 2 heterocycles. The maximum atomic E-state index is 12.6. The highest BCUT2D eigenvalue weighted by molar-refractivity contribution is 6.39. The van der Waals surface area contributed by atoms with Crippen molar-refractivity contribution in [3.8, 4) is 11.3 Å². The fourth-order valence-electron chi connectivity index (χ4n) is 3.20. The lowest BCUT2D eigenvalue weighted by atomic mass is 10.1. The fraction of sp³-hybridized carbons (Fsp3) is 0.0833. The lowest BCUT2D eigenvalue weighted by Crippen LogP contribution is -2.25. The van der Waals surface area contributed by atoms with Crippen molar-refractivity contribution in [2.45, 2.75) is 13.0 Å². The van der Waals surface area contributed by atoms with Gasteiger partial charge in [0, 0.05) is 34.6 Å². The average Bonchev–Trinajstić information content (AvgIpc) is 2.81. The molecule has 0 saturated carbocycles. The molecule has 0 aliphatic heterocycles. The molecule has 0 saturated heterocycles. The number of aromatic nitrogens is 2. The number of amides is 1. The van der Waals surface area contributed by atoms with Gasteiger partial charge < -0.3 is 15.7 Å². The summed E-state index contributed by atoms with van der Waals surface area (Å²) in [4.78, 5) is 32.2. The Labute approximate surface area is 199 Å². The molecule has 0 radical (unpaired) electrons. The van der Waals surface area contributed by atoms with Crippen molar-refractivity contribution < 1.29 is 14.7 Å². The van der Waals surface area contributed by atoms with Crippen molar-refractivity contribution in [3.05, 3.63) is 82.6 Å². The minimum absolute atomic E-state index is 0.253. The van der Waals surface area contributed by atoms with Gasteiger partial charge in [-0.15, -0.1) is 0 Å². The lowest BCUT2D eigenvalue weighted by molar-refractivity contribution is -0.137. The quantitative estimate of drug-likeness (QED) is 0.325. The standard InChI is InChI=1S/C24H18Cl2N4O3/c1-13(24(32)33)28-17-7-9-21-16(10-17)6-8-20(29-21)14-2-4-15(5-3-14)23(31)30-22-18(25)11-27-12-19(22)26/h2-13,28H,1H3,(H,32,33)(H,27,30,31). The molecule has 0 spiro atoms. The molecule has 3 N–H and O–H groups in total. The van der Waals surface area contributed by atoms with E-state index in [1.165, 1.54) is 12.4 Å². The third kappa shape index (κ3) is 5.05. The summed E-state index contributed by atoms with van der Waals surface area (Å²) in [6, 6.07) is 15.6. The first kappa shape index (κ1) is 22.5. The van der Waals surface area contributed by atoms with Crippen LogP contribution in [0.25, 0.3) is 22.2 Å². The van der Waals surface area contributed by atoms with Gasteiger partial charge in [-0.2, -0.15) is 0 Å². The van der Waals surface area contributed by atoms with Crippen LogP contribution in [0.15, 0.2) is 67.0 Å². The van der Waals surface area contributed by atoms with Crippen LogP contribution in [-0.4, -0.2) is 33.0 Å². The Balaban J connectivity index is 1.52. The number of pyridine rings is 2. The van der Waals surface area contributed by atoms with E-state index in [0.717, 1.165) is 22.2 Å². The van der Waals surface area contributed by atoms with Crippen molar-refractivity contribution in [1.82, 2.24) is 9.97 Å². The average molecular weight is 481 g/mol. The second kappa shape index (κ2) is 9.44. The van der Waals surface area contributed by atoms with Gasteiger partial charge in [-0.25, -0.2) is 4.98 Å². The summed E-state index contributed by atoms with van der Waals surface area (Å²) in [5.41, 5.74) is 3.81. The number of halogens is 2. The molecule has 7 nitrogen and oxygen atoms in total. The number of nitrogens with zero attached hydrogens (tertiary/aromatic N) is 2. The predicted octanol–water partition coefficient (Wildman–Crippen LogP) is 5.74. The Morgan fingerprint density at radius 1 is 0.970 bits per heavy atom. The first-order valence-corrected chi connectivity index (χ1v) is 10.7. The molecule has 1 amide bonds. The predicted molar refractivity (Wildman–Crippen MR) is 130 cm³/mol. The number of benzene rings is 2. The largest absolute Gasteiger partial charge is 0.480 e. The van der Waals surface area contributed by atoms with Crippen LogP contribution in [0.4, 0.5) is 11.4 Å². The van der Waals surface area contributed by atoms with Gasteiger partial charge in [0.2, 0.25) is 0 Å². The molecule has 33 heavy (non-hydrogen) atoms. The third-order valence-electron chi connectivity index (χ3n) is 4.98. The van der Waals surface area contributed by atoms with Crippen LogP contribution >= 0.6 is 23.2 Å². The van der Waals surface area contributed by atoms with Crippen molar-refractivity contribution in [1.29, 1.82) is 0 Å². The maximum absolute atomic E-state index is 12.6. The molecule has 2 aromatic carbocycles. The number of hydrogen-bond acceptors (Lipinski definition) is 5. The Bertz CT molecular complexity index is 1340.